The predicted octanol–water partition coefficient (Wildman–Crippen LogP) is 1.43. The maximum absolute atomic E-state index is 13.0. The lowest BCUT2D eigenvalue weighted by molar-refractivity contribution is -0.153. The summed E-state index contributed by atoms with van der Waals surface area (Å²) in [6.45, 7) is 6.62. The van der Waals surface area contributed by atoms with Gasteiger partial charge >= 0.3 is 0 Å². The van der Waals surface area contributed by atoms with E-state index in [0.29, 0.717) is 51.8 Å². The van der Waals surface area contributed by atoms with Crippen molar-refractivity contribution in [3.05, 3.63) is 17.8 Å². The van der Waals surface area contributed by atoms with Gasteiger partial charge in [0.15, 0.2) is 0 Å². The molecular weight excluding hydrogens is 433 g/mol. The van der Waals surface area contributed by atoms with Gasteiger partial charge in [0.25, 0.3) is 5.91 Å². The van der Waals surface area contributed by atoms with Crippen LogP contribution in [0.3, 0.4) is 0 Å². The number of carbonyl (C=O) groups is 1. The van der Waals surface area contributed by atoms with Crippen LogP contribution in [-0.4, -0.2) is 94.7 Å². The summed E-state index contributed by atoms with van der Waals surface area (Å²) in [5.41, 5.74) is 0.569. The number of amides is 1. The van der Waals surface area contributed by atoms with Gasteiger partial charge in [-0.15, -0.1) is 0 Å². The molecule has 2 aliphatic heterocycles. The number of halogens is 1. The number of pyridine rings is 1. The number of aromatic nitrogens is 1. The predicted molar refractivity (Wildman–Crippen MR) is 121 cm³/mol. The lowest BCUT2D eigenvalue weighted by Crippen LogP contribution is -2.52. The molecule has 2 fully saturated rings. The molecule has 2 aliphatic rings. The number of carbonyl (C=O) groups excluding carboxylic acids is 1. The maximum Gasteiger partial charge on any atom is 0.270 e. The molecule has 1 aromatic heterocycles. The highest BCUT2D eigenvalue weighted by Crippen LogP contribution is 2.34. The van der Waals surface area contributed by atoms with E-state index in [0.717, 1.165) is 5.69 Å². The van der Waals surface area contributed by atoms with Gasteiger partial charge in [-0.25, -0.2) is 4.98 Å². The van der Waals surface area contributed by atoms with Crippen molar-refractivity contribution in [2.45, 2.75) is 32.4 Å². The summed E-state index contributed by atoms with van der Waals surface area (Å²) in [5, 5.41) is 12.7. The molecule has 2 N–H and O–H groups in total. The Morgan fingerprint density at radius 1 is 1.39 bits per heavy atom. The highest BCUT2D eigenvalue weighted by molar-refractivity contribution is 5.93. The molecule has 186 valence electrons. The fourth-order valence-corrected chi connectivity index (χ4v) is 3.53. The number of ether oxygens (including phenoxy) is 4. The normalized spacial score (nSPS) is 18.5. The molecule has 0 spiro atoms. The highest BCUT2D eigenvalue weighted by atomic mass is 19.1. The Morgan fingerprint density at radius 3 is 2.73 bits per heavy atom. The first kappa shape index (κ1) is 25.6. The van der Waals surface area contributed by atoms with Gasteiger partial charge in [-0.1, -0.05) is 13.8 Å². The van der Waals surface area contributed by atoms with E-state index in [4.69, 9.17) is 18.9 Å². The van der Waals surface area contributed by atoms with Gasteiger partial charge in [0.1, 0.15) is 18.0 Å². The van der Waals surface area contributed by atoms with E-state index in [1.54, 1.807) is 13.2 Å². The summed E-state index contributed by atoms with van der Waals surface area (Å²) >= 11 is 0. The van der Waals surface area contributed by atoms with E-state index in [2.05, 4.69) is 15.2 Å². The Labute approximate surface area is 194 Å². The lowest BCUT2D eigenvalue weighted by Gasteiger charge is -2.41. The minimum Gasteiger partial charge on any atom is -0.475 e. The minimum absolute atomic E-state index is 0.0452. The number of nitrogens with one attached hydrogen (secondary N) is 1. The first-order valence-electron chi connectivity index (χ1n) is 11.5. The summed E-state index contributed by atoms with van der Waals surface area (Å²) in [5.74, 6) is 0.142. The minimum atomic E-state index is -0.444. The number of anilines is 1. The number of hydrogen-bond donors (Lipinski definition) is 2. The van der Waals surface area contributed by atoms with Gasteiger partial charge in [-0.05, 0) is 24.5 Å². The van der Waals surface area contributed by atoms with Gasteiger partial charge in [0.05, 0.1) is 50.7 Å². The standard InChI is InChI=1S/C23H36FN3O6/c1-16(2)19(11-31-8-4-7-24)25-21(29)18-5-6-20(27-9-17(10-27)30-3)22(26-18)33-15-23(12-28)13-32-14-23/h5-6,16-17,19,28H,4,7-15H2,1-3H3,(H,25,29)/t19-/m1/s1. The van der Waals surface area contributed by atoms with Crippen molar-refractivity contribution in [2.24, 2.45) is 11.3 Å². The SMILES string of the molecule is COC1CN(c2ccc(C(=O)N[C@H](COCCCF)C(C)C)nc2OCC2(CO)COC2)C1. The molecule has 0 unspecified atom stereocenters. The quantitative estimate of drug-likeness (QED) is 0.395. The molecule has 9 nitrogen and oxygen atoms in total. The largest absolute Gasteiger partial charge is 0.475 e. The van der Waals surface area contributed by atoms with Crippen LogP contribution < -0.4 is 15.0 Å². The second kappa shape index (κ2) is 11.9. The highest BCUT2D eigenvalue weighted by Gasteiger charge is 2.40. The molecule has 1 atom stereocenters. The van der Waals surface area contributed by atoms with Crippen molar-refractivity contribution in [1.29, 1.82) is 0 Å². The molecule has 1 aromatic rings. The van der Waals surface area contributed by atoms with Crippen molar-refractivity contribution in [3.8, 4) is 5.88 Å². The van der Waals surface area contributed by atoms with Crippen molar-refractivity contribution in [1.82, 2.24) is 10.3 Å². The van der Waals surface area contributed by atoms with E-state index >= 15 is 0 Å². The first-order chi connectivity index (χ1) is 15.9. The average molecular weight is 470 g/mol. The number of alkyl halides is 1. The molecule has 0 aliphatic carbocycles. The molecule has 33 heavy (non-hydrogen) atoms. The summed E-state index contributed by atoms with van der Waals surface area (Å²) < 4.78 is 34.4. The molecule has 10 heteroatoms. The summed E-state index contributed by atoms with van der Waals surface area (Å²) in [7, 11) is 1.68. The number of nitrogens with zero attached hydrogens (tertiary/aromatic N) is 2. The van der Waals surface area contributed by atoms with Crippen LogP contribution in [0.15, 0.2) is 12.1 Å². The number of methoxy groups -OCH3 is 1. The van der Waals surface area contributed by atoms with Crippen LogP contribution in [-0.2, 0) is 14.2 Å². The second-order valence-electron chi connectivity index (χ2n) is 9.16. The Morgan fingerprint density at radius 2 is 2.15 bits per heavy atom. The third kappa shape index (κ3) is 6.53. The second-order valence-corrected chi connectivity index (χ2v) is 9.16. The number of rotatable bonds is 14. The zero-order chi connectivity index (χ0) is 23.8. The summed E-state index contributed by atoms with van der Waals surface area (Å²) in [4.78, 5) is 19.5. The van der Waals surface area contributed by atoms with Crippen LogP contribution in [0.1, 0.15) is 30.8 Å². The number of hydrogen-bond acceptors (Lipinski definition) is 8. The van der Waals surface area contributed by atoms with Crippen molar-refractivity contribution < 1.29 is 33.2 Å². The fourth-order valence-electron chi connectivity index (χ4n) is 3.53. The van der Waals surface area contributed by atoms with Gasteiger partial charge in [-0.2, -0.15) is 0 Å². The van der Waals surface area contributed by atoms with Crippen LogP contribution in [0.4, 0.5) is 10.1 Å². The molecule has 0 radical (unpaired) electrons. The molecule has 3 rings (SSSR count). The van der Waals surface area contributed by atoms with E-state index in [1.165, 1.54) is 0 Å². The topological polar surface area (TPSA) is 102 Å². The Balaban J connectivity index is 1.70. The monoisotopic (exact) mass is 469 g/mol. The summed E-state index contributed by atoms with van der Waals surface area (Å²) in [6, 6.07) is 3.27. The smallest absolute Gasteiger partial charge is 0.270 e. The van der Waals surface area contributed by atoms with Crippen molar-refractivity contribution in [2.75, 3.05) is 71.4 Å². The van der Waals surface area contributed by atoms with Crippen molar-refractivity contribution >= 4 is 11.6 Å². The van der Waals surface area contributed by atoms with Crippen LogP contribution >= 0.6 is 0 Å². The molecule has 0 bridgehead atoms. The number of aliphatic hydroxyl groups excluding tert-OH is 1. The zero-order valence-electron chi connectivity index (χ0n) is 19.7. The van der Waals surface area contributed by atoms with E-state index < -0.39 is 12.1 Å². The average Bonchev–Trinajstić information content (AvgIpc) is 2.75. The van der Waals surface area contributed by atoms with Crippen LogP contribution in [0.2, 0.25) is 0 Å². The van der Waals surface area contributed by atoms with Gasteiger partial charge in [-0.3, -0.25) is 9.18 Å². The number of aliphatic hydroxyl groups is 1. The van der Waals surface area contributed by atoms with E-state index in [1.807, 2.05) is 19.9 Å². The summed E-state index contributed by atoms with van der Waals surface area (Å²) in [6.07, 6.45) is 0.484. The van der Waals surface area contributed by atoms with Gasteiger partial charge in [0.2, 0.25) is 5.88 Å². The Hall–Kier alpha value is -2.01. The Bertz CT molecular complexity index is 765. The zero-order valence-corrected chi connectivity index (χ0v) is 19.7. The van der Waals surface area contributed by atoms with Crippen LogP contribution in [0, 0.1) is 11.3 Å². The lowest BCUT2D eigenvalue weighted by atomic mass is 9.88. The van der Waals surface area contributed by atoms with Crippen LogP contribution in [0.5, 0.6) is 5.88 Å². The fraction of sp³-hybridized carbons (Fsp3) is 0.739. The van der Waals surface area contributed by atoms with Crippen LogP contribution in [0.25, 0.3) is 0 Å². The van der Waals surface area contributed by atoms with Gasteiger partial charge in [0, 0.05) is 26.8 Å². The van der Waals surface area contributed by atoms with Gasteiger partial charge < -0.3 is 34.3 Å². The molecule has 0 aromatic carbocycles. The third-order valence-corrected chi connectivity index (χ3v) is 6.10. The van der Waals surface area contributed by atoms with E-state index in [-0.39, 0.29) is 42.9 Å². The molecular formula is C23H36FN3O6. The van der Waals surface area contributed by atoms with E-state index in [9.17, 15) is 14.3 Å². The van der Waals surface area contributed by atoms with Crippen molar-refractivity contribution in [3.63, 3.8) is 0 Å². The third-order valence-electron chi connectivity index (χ3n) is 6.10. The maximum atomic E-state index is 13.0. The molecule has 3 heterocycles. The first-order valence-corrected chi connectivity index (χ1v) is 11.5. The molecule has 0 saturated carbocycles. The molecule has 1 amide bonds. The molecule has 2 saturated heterocycles. The Kier molecular flexibility index (Phi) is 9.25.